The van der Waals surface area contributed by atoms with Gasteiger partial charge >= 0.3 is 0 Å². The topological polar surface area (TPSA) is 90.4 Å². The van der Waals surface area contributed by atoms with E-state index < -0.39 is 12.0 Å². The van der Waals surface area contributed by atoms with Gasteiger partial charge in [-0.3, -0.25) is 4.79 Å². The smallest absolute Gasteiger partial charge is 0.225 e. The molecule has 3 N–H and O–H groups in total. The number of primary amides is 1. The van der Waals surface area contributed by atoms with Crippen LogP contribution in [0.2, 0.25) is 0 Å². The number of nitrogens with zero attached hydrogens (tertiary/aromatic N) is 2. The Kier molecular flexibility index (Phi) is 6.94. The van der Waals surface area contributed by atoms with Crippen molar-refractivity contribution in [3.05, 3.63) is 59.9 Å². The van der Waals surface area contributed by atoms with E-state index >= 15 is 0 Å². The lowest BCUT2D eigenvalue weighted by atomic mass is 9.72. The first kappa shape index (κ1) is 23.8. The Balaban J connectivity index is 1.65. The highest BCUT2D eigenvalue weighted by Crippen LogP contribution is 2.36. The number of carbonyl (C=O) groups excluding carboxylic acids is 1. The molecule has 2 aromatic carbocycles. The van der Waals surface area contributed by atoms with Crippen LogP contribution in [0, 0.1) is 5.41 Å². The number of amides is 1. The van der Waals surface area contributed by atoms with Gasteiger partial charge in [-0.1, -0.05) is 58.9 Å². The summed E-state index contributed by atoms with van der Waals surface area (Å²) in [5, 5.41) is 10.6. The second-order valence-corrected chi connectivity index (χ2v) is 10.4. The average Bonchev–Trinajstić information content (AvgIpc) is 3.01. The number of nitrogens with two attached hydrogens (primary N) is 1. The number of hydrogen-bond acceptors (Lipinski definition) is 4. The Morgan fingerprint density at radius 2 is 1.75 bits per heavy atom. The Morgan fingerprint density at radius 1 is 1.09 bits per heavy atom. The number of rotatable bonds is 9. The molecule has 0 aliphatic rings. The molecule has 0 saturated carbocycles. The normalized spacial score (nSPS) is 13.3. The van der Waals surface area contributed by atoms with E-state index in [1.165, 1.54) is 5.56 Å². The molecule has 172 valence electrons. The maximum absolute atomic E-state index is 11.5. The summed E-state index contributed by atoms with van der Waals surface area (Å²) in [6.07, 6.45) is 0.329. The van der Waals surface area contributed by atoms with Crippen molar-refractivity contribution >= 4 is 16.9 Å². The van der Waals surface area contributed by atoms with Crippen LogP contribution < -0.4 is 10.5 Å². The Hall–Kier alpha value is -2.86. The molecular weight excluding hydrogens is 402 g/mol. The summed E-state index contributed by atoms with van der Waals surface area (Å²) in [5.41, 5.74) is 8.58. The molecule has 0 radical (unpaired) electrons. The number of para-hydroxylation sites is 2. The molecule has 0 aliphatic carbocycles. The molecule has 1 amide bonds. The summed E-state index contributed by atoms with van der Waals surface area (Å²) in [6.45, 7) is 11.7. The highest BCUT2D eigenvalue weighted by Gasteiger charge is 2.27. The van der Waals surface area contributed by atoms with Gasteiger partial charge < -0.3 is 20.1 Å². The zero-order valence-electron chi connectivity index (χ0n) is 19.8. The van der Waals surface area contributed by atoms with Crippen molar-refractivity contribution in [2.75, 3.05) is 6.61 Å². The van der Waals surface area contributed by atoms with Crippen LogP contribution in [-0.4, -0.2) is 33.3 Å². The number of aliphatic hydroxyl groups is 1. The SMILES string of the molecule is CC(C)(C)CC(C)(C)c1ccc(OCC(O)Cn2c(CC(N)=O)nc3ccccc32)cc1. The third-order valence-corrected chi connectivity index (χ3v) is 5.51. The van der Waals surface area contributed by atoms with Gasteiger partial charge in [0.25, 0.3) is 0 Å². The van der Waals surface area contributed by atoms with Crippen LogP contribution in [0.3, 0.4) is 0 Å². The van der Waals surface area contributed by atoms with Gasteiger partial charge in [-0.15, -0.1) is 0 Å². The zero-order chi connectivity index (χ0) is 23.5. The first-order valence-corrected chi connectivity index (χ1v) is 11.1. The summed E-state index contributed by atoms with van der Waals surface area (Å²) in [6, 6.07) is 15.7. The molecule has 0 bridgehead atoms. The van der Waals surface area contributed by atoms with Gasteiger partial charge in [0.05, 0.1) is 24.0 Å². The van der Waals surface area contributed by atoms with Crippen LogP contribution in [0.15, 0.2) is 48.5 Å². The highest BCUT2D eigenvalue weighted by molar-refractivity contribution is 5.80. The number of imidazole rings is 1. The molecule has 0 saturated heterocycles. The molecule has 0 spiro atoms. The third kappa shape index (κ3) is 6.10. The van der Waals surface area contributed by atoms with Crippen molar-refractivity contribution in [1.82, 2.24) is 9.55 Å². The Morgan fingerprint density at radius 3 is 2.38 bits per heavy atom. The van der Waals surface area contributed by atoms with E-state index in [4.69, 9.17) is 10.5 Å². The second kappa shape index (κ2) is 9.33. The molecule has 3 aromatic rings. The number of fused-ring (bicyclic) bond motifs is 1. The zero-order valence-corrected chi connectivity index (χ0v) is 19.8. The van der Waals surface area contributed by atoms with Gasteiger partial charge in [-0.2, -0.15) is 0 Å². The van der Waals surface area contributed by atoms with E-state index in [0.717, 1.165) is 17.5 Å². The van der Waals surface area contributed by atoms with Gasteiger partial charge in [-0.25, -0.2) is 4.98 Å². The first-order valence-electron chi connectivity index (χ1n) is 11.1. The van der Waals surface area contributed by atoms with Crippen LogP contribution in [0.4, 0.5) is 0 Å². The summed E-state index contributed by atoms with van der Waals surface area (Å²) in [7, 11) is 0. The number of carbonyl (C=O) groups is 1. The molecule has 32 heavy (non-hydrogen) atoms. The molecular formula is C26H35N3O3. The van der Waals surface area contributed by atoms with Gasteiger partial charge in [0.15, 0.2) is 0 Å². The van der Waals surface area contributed by atoms with E-state index in [-0.39, 0.29) is 30.4 Å². The summed E-state index contributed by atoms with van der Waals surface area (Å²) < 4.78 is 7.68. The van der Waals surface area contributed by atoms with Crippen LogP contribution >= 0.6 is 0 Å². The van der Waals surface area contributed by atoms with Gasteiger partial charge in [0.2, 0.25) is 5.91 Å². The van der Waals surface area contributed by atoms with Crippen molar-refractivity contribution in [2.24, 2.45) is 11.1 Å². The molecule has 6 heteroatoms. The summed E-state index contributed by atoms with van der Waals surface area (Å²) in [5.74, 6) is 0.803. The minimum absolute atomic E-state index is 0.0219. The maximum atomic E-state index is 11.5. The highest BCUT2D eigenvalue weighted by atomic mass is 16.5. The standard InChI is InChI=1S/C26H35N3O3/c1-25(2,3)17-26(4,5)18-10-12-20(13-11-18)32-16-19(30)15-29-22-9-7-6-8-21(22)28-24(29)14-23(27)31/h6-13,19,30H,14-17H2,1-5H3,(H2,27,31). The average molecular weight is 438 g/mol. The predicted octanol–water partition coefficient (Wildman–Crippen LogP) is 4.22. The fourth-order valence-electron chi connectivity index (χ4n) is 4.51. The molecule has 0 fully saturated rings. The van der Waals surface area contributed by atoms with Crippen molar-refractivity contribution in [3.63, 3.8) is 0 Å². The molecule has 1 aromatic heterocycles. The summed E-state index contributed by atoms with van der Waals surface area (Å²) in [4.78, 5) is 15.9. The molecule has 1 atom stereocenters. The number of hydrogen-bond donors (Lipinski definition) is 2. The number of aliphatic hydroxyl groups excluding tert-OH is 1. The minimum Gasteiger partial charge on any atom is -0.491 e. The quantitative estimate of drug-likeness (QED) is 0.524. The third-order valence-electron chi connectivity index (χ3n) is 5.51. The van der Waals surface area contributed by atoms with Gasteiger partial charge in [0.1, 0.15) is 24.3 Å². The number of aromatic nitrogens is 2. The lowest BCUT2D eigenvalue weighted by Gasteiger charge is -2.33. The second-order valence-electron chi connectivity index (χ2n) is 10.4. The fraction of sp³-hybridized carbons (Fsp3) is 0.462. The lowest BCUT2D eigenvalue weighted by Crippen LogP contribution is -2.26. The van der Waals surface area contributed by atoms with E-state index in [2.05, 4.69) is 51.7 Å². The molecule has 0 aliphatic heterocycles. The van der Waals surface area contributed by atoms with Gasteiger partial charge in [0, 0.05) is 0 Å². The van der Waals surface area contributed by atoms with E-state index in [9.17, 15) is 9.90 Å². The number of benzene rings is 2. The van der Waals surface area contributed by atoms with E-state index in [1.807, 2.05) is 41.0 Å². The monoisotopic (exact) mass is 437 g/mol. The largest absolute Gasteiger partial charge is 0.491 e. The van der Waals surface area contributed by atoms with Gasteiger partial charge in [-0.05, 0) is 47.1 Å². The van der Waals surface area contributed by atoms with Crippen molar-refractivity contribution in [2.45, 2.75) is 65.5 Å². The van der Waals surface area contributed by atoms with Crippen LogP contribution in [0.5, 0.6) is 5.75 Å². The Bertz CT molecular complexity index is 1060. The maximum Gasteiger partial charge on any atom is 0.225 e. The number of ether oxygens (including phenoxy) is 1. The first-order chi connectivity index (χ1) is 14.9. The predicted molar refractivity (Wildman–Crippen MR) is 128 cm³/mol. The lowest BCUT2D eigenvalue weighted by molar-refractivity contribution is -0.117. The van der Waals surface area contributed by atoms with Crippen molar-refractivity contribution < 1.29 is 14.6 Å². The van der Waals surface area contributed by atoms with Crippen LogP contribution in [0.25, 0.3) is 11.0 Å². The van der Waals surface area contributed by atoms with Crippen molar-refractivity contribution in [1.29, 1.82) is 0 Å². The minimum atomic E-state index is -0.767. The molecule has 1 unspecified atom stereocenters. The van der Waals surface area contributed by atoms with Crippen molar-refractivity contribution in [3.8, 4) is 5.75 Å². The van der Waals surface area contributed by atoms with E-state index in [0.29, 0.717) is 11.6 Å². The molecule has 6 nitrogen and oxygen atoms in total. The fourth-order valence-corrected chi connectivity index (χ4v) is 4.51. The van der Waals surface area contributed by atoms with Crippen LogP contribution in [0.1, 0.15) is 52.4 Å². The van der Waals surface area contributed by atoms with E-state index in [1.54, 1.807) is 0 Å². The Labute approximate surface area is 190 Å². The van der Waals surface area contributed by atoms with Crippen LogP contribution in [-0.2, 0) is 23.2 Å². The summed E-state index contributed by atoms with van der Waals surface area (Å²) >= 11 is 0. The molecule has 1 heterocycles. The molecule has 3 rings (SSSR count).